The molecule has 3 aromatic rings. The summed E-state index contributed by atoms with van der Waals surface area (Å²) in [6, 6.07) is 16.8. The fraction of sp³-hybridized carbons (Fsp3) is 0.280. The van der Waals surface area contributed by atoms with Crippen molar-refractivity contribution in [2.45, 2.75) is 22.1 Å². The van der Waals surface area contributed by atoms with E-state index in [1.165, 1.54) is 11.0 Å². The van der Waals surface area contributed by atoms with Gasteiger partial charge in [-0.25, -0.2) is 8.42 Å². The van der Waals surface area contributed by atoms with E-state index < -0.39 is 27.4 Å². The second kappa shape index (κ2) is 10.3. The number of thiophene rings is 1. The molecule has 11 heteroatoms. The first-order valence-corrected chi connectivity index (χ1v) is 13.7. The lowest BCUT2D eigenvalue weighted by Crippen LogP contribution is -2.44. The summed E-state index contributed by atoms with van der Waals surface area (Å²) in [5, 5.41) is 10.6. The molecule has 1 saturated carbocycles. The fourth-order valence-electron chi connectivity index (χ4n) is 4.02. The van der Waals surface area contributed by atoms with Crippen molar-refractivity contribution >= 4 is 44.8 Å². The highest BCUT2D eigenvalue weighted by molar-refractivity contribution is 7.91. The zero-order valence-electron chi connectivity index (χ0n) is 19.6. The third kappa shape index (κ3) is 5.33. The quantitative estimate of drug-likeness (QED) is 0.395. The number of hydrogen-bond acceptors (Lipinski definition) is 6. The molecule has 2 atom stereocenters. The summed E-state index contributed by atoms with van der Waals surface area (Å²) in [6.45, 7) is 0.789. The lowest BCUT2D eigenvalue weighted by atomic mass is 10.0. The number of rotatable bonds is 10. The zero-order chi connectivity index (χ0) is 26.1. The zero-order valence-corrected chi connectivity index (χ0v) is 22.0. The van der Waals surface area contributed by atoms with Crippen LogP contribution in [0.15, 0.2) is 64.9 Å². The topological polar surface area (TPSA) is 113 Å². The van der Waals surface area contributed by atoms with Gasteiger partial charge in [0.2, 0.25) is 0 Å². The molecule has 0 aliphatic heterocycles. The van der Waals surface area contributed by atoms with Gasteiger partial charge >= 0.3 is 5.97 Å². The Labute approximate surface area is 218 Å². The molecule has 0 unspecified atom stereocenters. The Bertz CT molecular complexity index is 1390. The van der Waals surface area contributed by atoms with Crippen LogP contribution in [0.2, 0.25) is 5.02 Å². The minimum atomic E-state index is -4.11. The summed E-state index contributed by atoms with van der Waals surface area (Å²) >= 11 is 6.97. The Morgan fingerprint density at radius 1 is 1.19 bits per heavy atom. The highest BCUT2D eigenvalue weighted by atomic mass is 35.5. The van der Waals surface area contributed by atoms with E-state index >= 15 is 0 Å². The number of hydrogen-bond donors (Lipinski definition) is 2. The van der Waals surface area contributed by atoms with Crippen molar-refractivity contribution in [3.8, 4) is 10.4 Å². The summed E-state index contributed by atoms with van der Waals surface area (Å²) < 4.78 is 33.8. The average Bonchev–Trinajstić information content (AvgIpc) is 3.35. The first kappa shape index (κ1) is 26.3. The van der Waals surface area contributed by atoms with Crippen molar-refractivity contribution in [2.75, 3.05) is 27.3 Å². The summed E-state index contributed by atoms with van der Waals surface area (Å²) in [5.74, 6) is -2.11. The Morgan fingerprint density at radius 2 is 1.92 bits per heavy atom. The van der Waals surface area contributed by atoms with Crippen LogP contribution in [0, 0.1) is 0 Å². The smallest absolute Gasteiger partial charge is 0.325 e. The van der Waals surface area contributed by atoms with Crippen LogP contribution in [0.3, 0.4) is 0 Å². The predicted molar refractivity (Wildman–Crippen MR) is 138 cm³/mol. The number of nitrogens with zero attached hydrogens (tertiary/aromatic N) is 1. The van der Waals surface area contributed by atoms with Crippen molar-refractivity contribution < 1.29 is 27.9 Å². The van der Waals surface area contributed by atoms with Crippen LogP contribution in [0.25, 0.3) is 10.4 Å². The van der Waals surface area contributed by atoms with Gasteiger partial charge < -0.3 is 14.7 Å². The lowest BCUT2D eigenvalue weighted by molar-refractivity contribution is -0.140. The highest BCUT2D eigenvalue weighted by Gasteiger charge is 2.63. The first-order valence-electron chi connectivity index (χ1n) is 11.0. The second-order valence-corrected chi connectivity index (χ2v) is 12.0. The van der Waals surface area contributed by atoms with Crippen LogP contribution < -0.4 is 4.72 Å². The van der Waals surface area contributed by atoms with Crippen LogP contribution in [0.1, 0.15) is 28.3 Å². The maximum atomic E-state index is 13.2. The molecule has 1 heterocycles. The molecular weight excluding hydrogens is 524 g/mol. The van der Waals surface area contributed by atoms with E-state index in [0.717, 1.165) is 16.9 Å². The van der Waals surface area contributed by atoms with Crippen molar-refractivity contribution in [2.24, 2.45) is 0 Å². The molecule has 1 amide bonds. The molecule has 36 heavy (non-hydrogen) atoms. The molecule has 0 spiro atoms. The Hall–Kier alpha value is -2.76. The second-order valence-electron chi connectivity index (χ2n) is 8.61. The van der Waals surface area contributed by atoms with E-state index in [4.69, 9.17) is 16.3 Å². The third-order valence-corrected chi connectivity index (χ3v) is 9.54. The number of carbonyl (C=O) groups excluding carboxylic acids is 1. The number of carboxylic acids is 1. The van der Waals surface area contributed by atoms with E-state index in [-0.39, 0.29) is 16.5 Å². The number of ether oxygens (including phenoxy) is 1. The van der Waals surface area contributed by atoms with Crippen LogP contribution >= 0.6 is 22.9 Å². The SMILES string of the molecule is COCCN(C)C(=O)c1cccc([C@@H]2C[C@]2(NS(=O)(=O)c2ccc(-c3ccc(Cl)cc3)s2)C(=O)O)c1. The number of benzene rings is 2. The molecule has 8 nitrogen and oxygen atoms in total. The Balaban J connectivity index is 1.55. The van der Waals surface area contributed by atoms with Gasteiger partial charge in [-0.2, -0.15) is 4.72 Å². The fourth-order valence-corrected chi connectivity index (χ4v) is 6.86. The summed E-state index contributed by atoms with van der Waals surface area (Å²) in [6.07, 6.45) is 0.0775. The molecule has 0 bridgehead atoms. The van der Waals surface area contributed by atoms with Gasteiger partial charge in [0.1, 0.15) is 9.75 Å². The molecule has 1 aliphatic carbocycles. The number of carboxylic acid groups (broad SMARTS) is 1. The van der Waals surface area contributed by atoms with Gasteiger partial charge in [-0.15, -0.1) is 11.3 Å². The van der Waals surface area contributed by atoms with Gasteiger partial charge in [0.15, 0.2) is 0 Å². The third-order valence-electron chi connectivity index (χ3n) is 6.15. The van der Waals surface area contributed by atoms with E-state index in [1.807, 2.05) is 0 Å². The molecule has 2 aromatic carbocycles. The molecular formula is C25H25ClN2O6S2. The molecule has 2 N–H and O–H groups in total. The van der Waals surface area contributed by atoms with Gasteiger partial charge in [-0.3, -0.25) is 9.59 Å². The lowest BCUT2D eigenvalue weighted by Gasteiger charge is -2.18. The average molecular weight is 549 g/mol. The molecule has 1 aromatic heterocycles. The molecule has 0 saturated heterocycles. The van der Waals surface area contributed by atoms with Crippen molar-refractivity contribution in [1.82, 2.24) is 9.62 Å². The number of carbonyl (C=O) groups is 2. The summed E-state index contributed by atoms with van der Waals surface area (Å²) in [5.41, 5.74) is 0.0950. The highest BCUT2D eigenvalue weighted by Crippen LogP contribution is 2.52. The first-order chi connectivity index (χ1) is 17.1. The number of likely N-dealkylation sites (N-methyl/N-ethyl adjacent to an activating group) is 1. The Kier molecular flexibility index (Phi) is 7.53. The van der Waals surface area contributed by atoms with E-state index in [9.17, 15) is 23.1 Å². The largest absolute Gasteiger partial charge is 0.480 e. The minimum Gasteiger partial charge on any atom is -0.480 e. The number of halogens is 1. The van der Waals surface area contributed by atoms with Crippen LogP contribution in [0.4, 0.5) is 0 Å². The number of nitrogens with one attached hydrogen (secondary N) is 1. The molecule has 1 fully saturated rings. The monoisotopic (exact) mass is 548 g/mol. The van der Waals surface area contributed by atoms with Gasteiger partial charge in [-0.1, -0.05) is 35.9 Å². The Morgan fingerprint density at radius 3 is 2.58 bits per heavy atom. The van der Waals surface area contributed by atoms with E-state index in [2.05, 4.69) is 4.72 Å². The van der Waals surface area contributed by atoms with E-state index in [1.54, 1.807) is 68.8 Å². The van der Waals surface area contributed by atoms with Gasteiger partial charge in [-0.05, 0) is 53.9 Å². The molecule has 190 valence electrons. The summed E-state index contributed by atoms with van der Waals surface area (Å²) in [4.78, 5) is 27.2. The van der Waals surface area contributed by atoms with Crippen LogP contribution in [0.5, 0.6) is 0 Å². The van der Waals surface area contributed by atoms with Gasteiger partial charge in [0.25, 0.3) is 15.9 Å². The van der Waals surface area contributed by atoms with E-state index in [0.29, 0.717) is 34.2 Å². The van der Waals surface area contributed by atoms with Crippen molar-refractivity contribution in [1.29, 1.82) is 0 Å². The standard InChI is InChI=1S/C25H25ClN2O6S2/c1-28(12-13-34-2)23(29)18-5-3-4-17(14-18)20-15-25(20,24(30)31)27-36(32,33)22-11-10-21(35-22)16-6-8-19(26)9-7-16/h3-11,14,20,27H,12-13,15H2,1-2H3,(H,30,31)/t20-,25+/m0/s1. The normalized spacial score (nSPS) is 19.1. The van der Waals surface area contributed by atoms with Crippen molar-refractivity contribution in [3.05, 3.63) is 76.8 Å². The number of amides is 1. The van der Waals surface area contributed by atoms with Crippen LogP contribution in [-0.4, -0.2) is 63.1 Å². The maximum absolute atomic E-state index is 13.2. The molecule has 1 aliphatic rings. The summed E-state index contributed by atoms with van der Waals surface area (Å²) in [7, 11) is -0.913. The van der Waals surface area contributed by atoms with Gasteiger partial charge in [0, 0.05) is 42.1 Å². The molecule has 0 radical (unpaired) electrons. The number of aliphatic carboxylic acids is 1. The minimum absolute atomic E-state index is 0.0161. The predicted octanol–water partition coefficient (Wildman–Crippen LogP) is 4.08. The van der Waals surface area contributed by atoms with Crippen molar-refractivity contribution in [3.63, 3.8) is 0 Å². The van der Waals surface area contributed by atoms with Crippen LogP contribution in [-0.2, 0) is 19.6 Å². The number of methoxy groups -OCH3 is 1. The molecule has 4 rings (SSSR count). The number of sulfonamides is 1. The maximum Gasteiger partial charge on any atom is 0.325 e. The van der Waals surface area contributed by atoms with Gasteiger partial charge in [0.05, 0.1) is 6.61 Å².